The summed E-state index contributed by atoms with van der Waals surface area (Å²) < 4.78 is 5.07. The molecule has 0 saturated carbocycles. The molecule has 152 valence electrons. The van der Waals surface area contributed by atoms with Crippen LogP contribution in [-0.4, -0.2) is 47.6 Å². The number of benzene rings is 1. The summed E-state index contributed by atoms with van der Waals surface area (Å²) in [5.74, 6) is 0.0198. The van der Waals surface area contributed by atoms with E-state index in [4.69, 9.17) is 21.2 Å². The number of alkyl halides is 1. The number of fused-ring (bicyclic) bond motifs is 1. The number of ether oxygens (including phenoxy) is 1. The number of aromatic nitrogens is 1. The fourth-order valence-corrected chi connectivity index (χ4v) is 3.72. The molecule has 0 spiro atoms. The Hall–Kier alpha value is -2.05. The van der Waals surface area contributed by atoms with E-state index in [-0.39, 0.29) is 17.9 Å². The number of aryl methyl sites for hydroxylation is 1. The van der Waals surface area contributed by atoms with Crippen LogP contribution in [0.25, 0.3) is 10.9 Å². The first-order valence-electron chi connectivity index (χ1n) is 9.92. The van der Waals surface area contributed by atoms with Crippen molar-refractivity contribution in [3.05, 3.63) is 35.5 Å². The summed E-state index contributed by atoms with van der Waals surface area (Å²) in [5, 5.41) is 2.69. The van der Waals surface area contributed by atoms with Crippen LogP contribution in [-0.2, 0) is 20.8 Å². The van der Waals surface area contributed by atoms with E-state index < -0.39 is 0 Å². The molecular weight excluding hydrogens is 380 g/mol. The van der Waals surface area contributed by atoms with Crippen LogP contribution in [0.1, 0.15) is 48.5 Å². The molecule has 1 fully saturated rings. The highest BCUT2D eigenvalue weighted by molar-refractivity contribution is 6.17. The van der Waals surface area contributed by atoms with Crippen LogP contribution in [0.3, 0.4) is 0 Å². The number of nitrogens with zero attached hydrogens (tertiary/aromatic N) is 1. The van der Waals surface area contributed by atoms with Crippen molar-refractivity contribution in [3.8, 4) is 0 Å². The van der Waals surface area contributed by atoms with Crippen LogP contribution in [0.5, 0.6) is 0 Å². The number of hydrogen-bond donors (Lipinski definition) is 1. The van der Waals surface area contributed by atoms with Crippen molar-refractivity contribution in [1.82, 2.24) is 10.0 Å². The van der Waals surface area contributed by atoms with Gasteiger partial charge in [0.2, 0.25) is 0 Å². The van der Waals surface area contributed by atoms with Crippen molar-refractivity contribution in [1.29, 1.82) is 0 Å². The maximum Gasteiger partial charge on any atom is 0.357 e. The first-order valence-corrected chi connectivity index (χ1v) is 10.5. The predicted molar refractivity (Wildman–Crippen MR) is 108 cm³/mol. The lowest BCUT2D eigenvalue weighted by molar-refractivity contribution is -0.157. The number of hydroxylamine groups is 2. The molecule has 2 aromatic rings. The Labute approximate surface area is 170 Å². The van der Waals surface area contributed by atoms with Crippen LogP contribution < -0.4 is 0 Å². The zero-order valence-electron chi connectivity index (χ0n) is 16.2. The van der Waals surface area contributed by atoms with E-state index in [2.05, 4.69) is 4.98 Å². The van der Waals surface area contributed by atoms with Gasteiger partial charge in [0.25, 0.3) is 0 Å². The standard InChI is InChI=1S/C21H27ClN2O4/c1-2-27-20(25)15-8-11-24(12-9-15)28-21(26)16-6-7-19-18(13-16)17(14-23-19)5-3-4-10-22/h6-7,13-15,23H,2-5,8-12H2,1H3. The highest BCUT2D eigenvalue weighted by Crippen LogP contribution is 2.23. The van der Waals surface area contributed by atoms with Crippen molar-refractivity contribution in [2.24, 2.45) is 5.92 Å². The fraction of sp³-hybridized carbons (Fsp3) is 0.524. The van der Waals surface area contributed by atoms with E-state index in [0.717, 1.165) is 30.2 Å². The second-order valence-corrected chi connectivity index (χ2v) is 7.43. The number of halogens is 1. The predicted octanol–water partition coefficient (Wildman–Crippen LogP) is 4.08. The van der Waals surface area contributed by atoms with E-state index in [1.807, 2.05) is 18.3 Å². The van der Waals surface area contributed by atoms with Crippen molar-refractivity contribution >= 4 is 34.4 Å². The second kappa shape index (κ2) is 9.94. The first kappa shape index (κ1) is 20.7. The summed E-state index contributed by atoms with van der Waals surface area (Å²) in [6.45, 7) is 3.26. The average molecular weight is 407 g/mol. The zero-order chi connectivity index (χ0) is 19.9. The first-order chi connectivity index (χ1) is 13.6. The molecule has 7 heteroatoms. The summed E-state index contributed by atoms with van der Waals surface area (Å²) in [5.41, 5.74) is 2.72. The number of carbonyl (C=O) groups is 2. The van der Waals surface area contributed by atoms with Gasteiger partial charge < -0.3 is 14.6 Å². The third-order valence-corrected chi connectivity index (χ3v) is 5.39. The summed E-state index contributed by atoms with van der Waals surface area (Å²) in [6.07, 6.45) is 6.17. The average Bonchev–Trinajstić information content (AvgIpc) is 3.11. The van der Waals surface area contributed by atoms with Gasteiger partial charge in [-0.15, -0.1) is 16.7 Å². The molecule has 28 heavy (non-hydrogen) atoms. The van der Waals surface area contributed by atoms with Crippen LogP contribution in [0.4, 0.5) is 0 Å². The Morgan fingerprint density at radius 2 is 2.04 bits per heavy atom. The van der Waals surface area contributed by atoms with Crippen molar-refractivity contribution in [3.63, 3.8) is 0 Å². The number of hydrogen-bond acceptors (Lipinski definition) is 5. The Balaban J connectivity index is 1.59. The molecular formula is C21H27ClN2O4. The molecule has 1 aliphatic rings. The van der Waals surface area contributed by atoms with Gasteiger partial charge in [-0.25, -0.2) is 4.79 Å². The Morgan fingerprint density at radius 1 is 1.25 bits per heavy atom. The fourth-order valence-electron chi connectivity index (χ4n) is 3.54. The summed E-state index contributed by atoms with van der Waals surface area (Å²) in [6, 6.07) is 5.56. The molecule has 0 bridgehead atoms. The molecule has 0 amide bonds. The zero-order valence-corrected chi connectivity index (χ0v) is 17.0. The van der Waals surface area contributed by atoms with E-state index >= 15 is 0 Å². The highest BCUT2D eigenvalue weighted by atomic mass is 35.5. The van der Waals surface area contributed by atoms with E-state index in [0.29, 0.717) is 44.0 Å². The number of rotatable bonds is 8. The summed E-state index contributed by atoms with van der Waals surface area (Å²) in [7, 11) is 0. The molecule has 1 aromatic heterocycles. The molecule has 0 unspecified atom stereocenters. The summed E-state index contributed by atoms with van der Waals surface area (Å²) in [4.78, 5) is 33.2. The lowest BCUT2D eigenvalue weighted by atomic mass is 9.98. The third kappa shape index (κ3) is 5.06. The molecule has 2 heterocycles. The lowest BCUT2D eigenvalue weighted by Crippen LogP contribution is -2.38. The number of piperidine rings is 1. The van der Waals surface area contributed by atoms with E-state index in [1.165, 1.54) is 5.56 Å². The Bertz CT molecular complexity index is 812. The molecule has 1 saturated heterocycles. The molecule has 0 radical (unpaired) electrons. The van der Waals surface area contributed by atoms with Gasteiger partial charge in [0.05, 0.1) is 18.1 Å². The van der Waals surface area contributed by atoms with Gasteiger partial charge >= 0.3 is 11.9 Å². The number of H-pyrrole nitrogens is 1. The maximum atomic E-state index is 12.6. The summed E-state index contributed by atoms with van der Waals surface area (Å²) >= 11 is 5.76. The number of esters is 1. The molecule has 1 aromatic carbocycles. The molecule has 0 aliphatic carbocycles. The van der Waals surface area contributed by atoms with Crippen molar-refractivity contribution < 1.29 is 19.2 Å². The van der Waals surface area contributed by atoms with Crippen LogP contribution in [0.15, 0.2) is 24.4 Å². The Morgan fingerprint density at radius 3 is 2.75 bits per heavy atom. The minimum absolute atomic E-state index is 0.110. The molecule has 1 N–H and O–H groups in total. The quantitative estimate of drug-likeness (QED) is 0.406. The van der Waals surface area contributed by atoms with Gasteiger partial charge in [0, 0.05) is 36.1 Å². The lowest BCUT2D eigenvalue weighted by Gasteiger charge is -2.29. The van der Waals surface area contributed by atoms with Crippen molar-refractivity contribution in [2.75, 3.05) is 25.6 Å². The number of nitrogens with one attached hydrogen (secondary N) is 1. The number of carbonyl (C=O) groups excluding carboxylic acids is 2. The Kier molecular flexibility index (Phi) is 7.34. The topological polar surface area (TPSA) is 71.6 Å². The SMILES string of the molecule is CCOC(=O)C1CCN(OC(=O)c2ccc3[nH]cc(CCCCCl)c3c2)CC1. The van der Waals surface area contributed by atoms with Gasteiger partial charge in [-0.3, -0.25) is 4.79 Å². The minimum atomic E-state index is -0.371. The van der Waals surface area contributed by atoms with Gasteiger partial charge in [0.1, 0.15) is 0 Å². The molecule has 6 nitrogen and oxygen atoms in total. The second-order valence-electron chi connectivity index (χ2n) is 7.05. The number of unbranched alkanes of at least 4 members (excludes halogenated alkanes) is 1. The minimum Gasteiger partial charge on any atom is -0.466 e. The normalized spacial score (nSPS) is 15.6. The van der Waals surface area contributed by atoms with Gasteiger partial charge in [-0.2, -0.15) is 0 Å². The van der Waals surface area contributed by atoms with Crippen LogP contribution >= 0.6 is 11.6 Å². The van der Waals surface area contributed by atoms with Crippen molar-refractivity contribution in [2.45, 2.75) is 39.0 Å². The van der Waals surface area contributed by atoms with Gasteiger partial charge in [0.15, 0.2) is 0 Å². The van der Waals surface area contributed by atoms with E-state index in [9.17, 15) is 9.59 Å². The molecule has 3 rings (SSSR count). The monoisotopic (exact) mass is 406 g/mol. The number of aromatic amines is 1. The van der Waals surface area contributed by atoms with E-state index in [1.54, 1.807) is 18.1 Å². The van der Waals surface area contributed by atoms with Gasteiger partial charge in [-0.1, -0.05) is 0 Å². The maximum absolute atomic E-state index is 12.6. The largest absolute Gasteiger partial charge is 0.466 e. The third-order valence-electron chi connectivity index (χ3n) is 5.12. The van der Waals surface area contributed by atoms with Crippen LogP contribution in [0.2, 0.25) is 0 Å². The highest BCUT2D eigenvalue weighted by Gasteiger charge is 2.28. The van der Waals surface area contributed by atoms with Gasteiger partial charge in [-0.05, 0) is 62.8 Å². The smallest absolute Gasteiger partial charge is 0.357 e. The van der Waals surface area contributed by atoms with Crippen LogP contribution in [0, 0.1) is 5.92 Å². The molecule has 0 atom stereocenters. The molecule has 1 aliphatic heterocycles.